The van der Waals surface area contributed by atoms with E-state index >= 15 is 0 Å². The first-order valence-corrected chi connectivity index (χ1v) is 9.63. The Kier molecular flexibility index (Phi) is 5.44. The summed E-state index contributed by atoms with van der Waals surface area (Å²) in [5, 5.41) is 3.38. The third kappa shape index (κ3) is 4.26. The third-order valence-corrected chi connectivity index (χ3v) is 4.98. The normalized spacial score (nSPS) is 14.0. The van der Waals surface area contributed by atoms with E-state index in [-0.39, 0.29) is 0 Å². The molecule has 1 aliphatic rings. The zero-order valence-electron chi connectivity index (χ0n) is 16.4. The summed E-state index contributed by atoms with van der Waals surface area (Å²) in [5.74, 6) is 0.839. The van der Waals surface area contributed by atoms with Crippen molar-refractivity contribution < 1.29 is 4.74 Å². The molecule has 1 aliphatic heterocycles. The van der Waals surface area contributed by atoms with Gasteiger partial charge in [0.1, 0.15) is 5.82 Å². The Labute approximate surface area is 166 Å². The van der Waals surface area contributed by atoms with Gasteiger partial charge in [-0.2, -0.15) is 0 Å². The van der Waals surface area contributed by atoms with Crippen LogP contribution in [0.15, 0.2) is 66.9 Å². The highest BCUT2D eigenvalue weighted by molar-refractivity contribution is 5.69. The van der Waals surface area contributed by atoms with Gasteiger partial charge < -0.3 is 19.9 Å². The predicted octanol–water partition coefficient (Wildman–Crippen LogP) is 4.39. The van der Waals surface area contributed by atoms with E-state index in [9.17, 15) is 0 Å². The summed E-state index contributed by atoms with van der Waals surface area (Å²) in [6.45, 7) is 3.50. The van der Waals surface area contributed by atoms with Crippen LogP contribution in [0.25, 0.3) is 11.1 Å². The van der Waals surface area contributed by atoms with Crippen LogP contribution in [0, 0.1) is 0 Å². The van der Waals surface area contributed by atoms with Crippen LogP contribution in [0.1, 0.15) is 0 Å². The number of nitrogens with zero attached hydrogens (tertiary/aromatic N) is 3. The van der Waals surface area contributed by atoms with Gasteiger partial charge >= 0.3 is 0 Å². The highest BCUT2D eigenvalue weighted by atomic mass is 16.5. The number of pyridine rings is 1. The largest absolute Gasteiger partial charge is 0.378 e. The van der Waals surface area contributed by atoms with Crippen LogP contribution in [0.5, 0.6) is 0 Å². The van der Waals surface area contributed by atoms with E-state index in [0.717, 1.165) is 43.4 Å². The molecule has 4 rings (SSSR count). The molecule has 1 N–H and O–H groups in total. The zero-order chi connectivity index (χ0) is 19.3. The number of hydrogen-bond acceptors (Lipinski definition) is 5. The number of ether oxygens (including phenoxy) is 1. The van der Waals surface area contributed by atoms with Crippen molar-refractivity contribution in [1.29, 1.82) is 0 Å². The van der Waals surface area contributed by atoms with Crippen LogP contribution in [0.3, 0.4) is 0 Å². The molecule has 0 spiro atoms. The fraction of sp³-hybridized carbons (Fsp3) is 0.261. The minimum absolute atomic E-state index is 0.799. The van der Waals surface area contributed by atoms with Gasteiger partial charge in [0.15, 0.2) is 0 Å². The molecule has 5 nitrogen and oxygen atoms in total. The van der Waals surface area contributed by atoms with Crippen LogP contribution >= 0.6 is 0 Å². The van der Waals surface area contributed by atoms with Crippen LogP contribution in [0.4, 0.5) is 22.9 Å². The molecule has 28 heavy (non-hydrogen) atoms. The zero-order valence-corrected chi connectivity index (χ0v) is 16.4. The van der Waals surface area contributed by atoms with Crippen LogP contribution < -0.4 is 15.1 Å². The molecule has 1 fully saturated rings. The van der Waals surface area contributed by atoms with Crippen LogP contribution in [0.2, 0.25) is 0 Å². The molecule has 1 saturated heterocycles. The molecule has 0 amide bonds. The highest BCUT2D eigenvalue weighted by Gasteiger charge is 2.10. The number of rotatable bonds is 5. The quantitative estimate of drug-likeness (QED) is 0.717. The Morgan fingerprint density at radius 2 is 1.71 bits per heavy atom. The van der Waals surface area contributed by atoms with Crippen molar-refractivity contribution in [2.45, 2.75) is 0 Å². The van der Waals surface area contributed by atoms with Crippen molar-refractivity contribution in [3.8, 4) is 11.1 Å². The molecule has 2 heterocycles. The molecule has 0 bridgehead atoms. The summed E-state index contributed by atoms with van der Waals surface area (Å²) in [4.78, 5) is 9.04. The lowest BCUT2D eigenvalue weighted by Crippen LogP contribution is -2.36. The molecule has 0 aliphatic carbocycles. The van der Waals surface area contributed by atoms with E-state index in [4.69, 9.17) is 4.74 Å². The van der Waals surface area contributed by atoms with Gasteiger partial charge in [-0.05, 0) is 54.1 Å². The van der Waals surface area contributed by atoms with E-state index in [2.05, 4.69) is 88.8 Å². The Balaban J connectivity index is 1.43. The second kappa shape index (κ2) is 8.31. The molecule has 3 aromatic rings. The lowest BCUT2D eigenvalue weighted by Gasteiger charge is -2.28. The van der Waals surface area contributed by atoms with Crippen molar-refractivity contribution >= 4 is 22.9 Å². The topological polar surface area (TPSA) is 40.6 Å². The first kappa shape index (κ1) is 18.3. The smallest absolute Gasteiger partial charge is 0.130 e. The van der Waals surface area contributed by atoms with Crippen molar-refractivity contribution in [3.05, 3.63) is 66.9 Å². The lowest BCUT2D eigenvalue weighted by atomic mass is 10.1. The summed E-state index contributed by atoms with van der Waals surface area (Å²) in [6.07, 6.45) is 1.92. The van der Waals surface area contributed by atoms with Gasteiger partial charge in [-0.3, -0.25) is 0 Å². The van der Waals surface area contributed by atoms with E-state index < -0.39 is 0 Å². The monoisotopic (exact) mass is 374 g/mol. The van der Waals surface area contributed by atoms with Crippen LogP contribution in [-0.4, -0.2) is 45.4 Å². The van der Waals surface area contributed by atoms with Gasteiger partial charge in [-0.1, -0.05) is 12.1 Å². The number of benzene rings is 2. The van der Waals surface area contributed by atoms with Gasteiger partial charge in [0.25, 0.3) is 0 Å². The molecule has 0 saturated carbocycles. The molecular weight excluding hydrogens is 348 g/mol. The minimum atomic E-state index is 0.799. The Morgan fingerprint density at radius 3 is 2.39 bits per heavy atom. The van der Waals surface area contributed by atoms with Crippen molar-refractivity contribution in [3.63, 3.8) is 0 Å². The highest BCUT2D eigenvalue weighted by Crippen LogP contribution is 2.25. The number of nitrogens with one attached hydrogen (secondary N) is 1. The maximum Gasteiger partial charge on any atom is 0.130 e. The summed E-state index contributed by atoms with van der Waals surface area (Å²) in [6, 6.07) is 21.1. The standard InChI is InChI=1S/C23H26N4O/c1-26(2)22-5-3-4-18(16-22)19-6-11-23(24-17-19)25-20-7-9-21(10-8-20)27-12-14-28-15-13-27/h3-11,16-17H,12-15H2,1-2H3,(H,24,25). The molecular formula is C23H26N4O. The Hall–Kier alpha value is -3.05. The summed E-state index contributed by atoms with van der Waals surface area (Å²) in [7, 11) is 4.10. The Bertz CT molecular complexity index is 901. The van der Waals surface area contributed by atoms with Gasteiger partial charge in [0.2, 0.25) is 0 Å². The minimum Gasteiger partial charge on any atom is -0.378 e. The van der Waals surface area contributed by atoms with Gasteiger partial charge in [0.05, 0.1) is 13.2 Å². The van der Waals surface area contributed by atoms with Gasteiger partial charge in [0, 0.05) is 56.0 Å². The lowest BCUT2D eigenvalue weighted by molar-refractivity contribution is 0.122. The maximum atomic E-state index is 5.42. The molecule has 0 radical (unpaired) electrons. The molecule has 2 aromatic carbocycles. The summed E-state index contributed by atoms with van der Waals surface area (Å²) in [5.41, 5.74) is 5.72. The van der Waals surface area contributed by atoms with Crippen LogP contribution in [-0.2, 0) is 4.74 Å². The van der Waals surface area contributed by atoms with E-state index in [0.29, 0.717) is 0 Å². The molecule has 0 atom stereocenters. The van der Waals surface area contributed by atoms with E-state index in [1.165, 1.54) is 16.9 Å². The average molecular weight is 374 g/mol. The van der Waals surface area contributed by atoms with E-state index in [1.54, 1.807) is 0 Å². The fourth-order valence-electron chi connectivity index (χ4n) is 3.33. The third-order valence-electron chi connectivity index (χ3n) is 4.98. The first-order valence-electron chi connectivity index (χ1n) is 9.63. The summed E-state index contributed by atoms with van der Waals surface area (Å²) >= 11 is 0. The second-order valence-corrected chi connectivity index (χ2v) is 7.15. The maximum absolute atomic E-state index is 5.42. The molecule has 1 aromatic heterocycles. The molecule has 144 valence electrons. The first-order chi connectivity index (χ1) is 13.7. The summed E-state index contributed by atoms with van der Waals surface area (Å²) < 4.78 is 5.42. The SMILES string of the molecule is CN(C)c1cccc(-c2ccc(Nc3ccc(N4CCOCC4)cc3)nc2)c1. The second-order valence-electron chi connectivity index (χ2n) is 7.15. The number of anilines is 4. The fourth-order valence-corrected chi connectivity index (χ4v) is 3.33. The number of hydrogen-bond donors (Lipinski definition) is 1. The van der Waals surface area contributed by atoms with Crippen molar-refractivity contribution in [2.75, 3.05) is 55.5 Å². The van der Waals surface area contributed by atoms with Gasteiger partial charge in [-0.25, -0.2) is 4.98 Å². The Morgan fingerprint density at radius 1 is 0.929 bits per heavy atom. The van der Waals surface area contributed by atoms with E-state index in [1.807, 2.05) is 12.3 Å². The average Bonchev–Trinajstić information content (AvgIpc) is 2.75. The number of morpholine rings is 1. The molecule has 5 heteroatoms. The predicted molar refractivity (Wildman–Crippen MR) is 117 cm³/mol. The van der Waals surface area contributed by atoms with Crippen molar-refractivity contribution in [2.24, 2.45) is 0 Å². The molecule has 0 unspecified atom stereocenters. The number of aromatic nitrogens is 1. The van der Waals surface area contributed by atoms with Crippen molar-refractivity contribution in [1.82, 2.24) is 4.98 Å². The van der Waals surface area contributed by atoms with Gasteiger partial charge in [-0.15, -0.1) is 0 Å².